The lowest BCUT2D eigenvalue weighted by Crippen LogP contribution is -2.60. The molecule has 26 heavy (non-hydrogen) atoms. The van der Waals surface area contributed by atoms with Gasteiger partial charge in [-0.1, -0.05) is 39.0 Å². The fraction of sp³-hybridized carbons (Fsp3) is 0.182. The van der Waals surface area contributed by atoms with Crippen molar-refractivity contribution in [2.24, 2.45) is 0 Å². The van der Waals surface area contributed by atoms with Gasteiger partial charge in [0, 0.05) is 16.4 Å². The molecule has 6 rings (SSSR count). The van der Waals surface area contributed by atoms with Crippen LogP contribution in [-0.4, -0.2) is 6.71 Å². The second-order valence-corrected chi connectivity index (χ2v) is 8.18. The van der Waals surface area contributed by atoms with E-state index in [1.54, 1.807) is 0 Å². The van der Waals surface area contributed by atoms with Crippen LogP contribution in [0, 0.1) is 0 Å². The molecule has 0 atom stereocenters. The van der Waals surface area contributed by atoms with Gasteiger partial charge in [-0.3, -0.25) is 0 Å². The van der Waals surface area contributed by atoms with Crippen molar-refractivity contribution in [3.63, 3.8) is 0 Å². The Hall–Kier alpha value is -2.88. The van der Waals surface area contributed by atoms with E-state index in [9.17, 15) is 0 Å². The highest BCUT2D eigenvalue weighted by molar-refractivity contribution is 6.99. The van der Waals surface area contributed by atoms with Gasteiger partial charge in [0.05, 0.1) is 0 Å². The molecule has 0 spiro atoms. The van der Waals surface area contributed by atoms with E-state index in [0.717, 1.165) is 50.9 Å². The molecule has 0 bridgehead atoms. The van der Waals surface area contributed by atoms with Gasteiger partial charge in [-0.25, -0.2) is 0 Å². The second-order valence-electron chi connectivity index (χ2n) is 8.18. The second kappa shape index (κ2) is 4.45. The molecule has 0 unspecified atom stereocenters. The van der Waals surface area contributed by atoms with Crippen molar-refractivity contribution in [1.29, 1.82) is 0 Å². The molecule has 3 nitrogen and oxygen atoms in total. The van der Waals surface area contributed by atoms with Crippen LogP contribution in [0.1, 0.15) is 26.3 Å². The quantitative estimate of drug-likeness (QED) is 0.394. The van der Waals surface area contributed by atoms with Gasteiger partial charge >= 0.3 is 0 Å². The van der Waals surface area contributed by atoms with Crippen molar-refractivity contribution in [1.82, 2.24) is 0 Å². The number of rotatable bonds is 0. The van der Waals surface area contributed by atoms with Crippen LogP contribution in [0.25, 0.3) is 0 Å². The fourth-order valence-electron chi connectivity index (χ4n) is 4.40. The van der Waals surface area contributed by atoms with E-state index in [1.807, 2.05) is 36.4 Å². The summed E-state index contributed by atoms with van der Waals surface area (Å²) < 4.78 is 18.9. The van der Waals surface area contributed by atoms with Crippen LogP contribution in [0.2, 0.25) is 0 Å². The maximum Gasteiger partial charge on any atom is 0.270 e. The summed E-state index contributed by atoms with van der Waals surface area (Å²) in [4.78, 5) is 0. The monoisotopic (exact) mass is 340 g/mol. The lowest BCUT2D eigenvalue weighted by Gasteiger charge is -2.39. The van der Waals surface area contributed by atoms with Crippen molar-refractivity contribution >= 4 is 23.1 Å². The van der Waals surface area contributed by atoms with Gasteiger partial charge in [0.25, 0.3) is 6.71 Å². The summed E-state index contributed by atoms with van der Waals surface area (Å²) in [6.45, 7) is 6.74. The van der Waals surface area contributed by atoms with Gasteiger partial charge in [0.2, 0.25) is 0 Å². The Bertz CT molecular complexity index is 1080. The molecule has 0 aromatic heterocycles. The zero-order chi connectivity index (χ0) is 17.6. The van der Waals surface area contributed by atoms with Gasteiger partial charge in [0.15, 0.2) is 0 Å². The Morgan fingerprint density at radius 2 is 1.12 bits per heavy atom. The number of hydrogen-bond acceptors (Lipinski definition) is 3. The van der Waals surface area contributed by atoms with Gasteiger partial charge < -0.3 is 14.2 Å². The average Bonchev–Trinajstić information content (AvgIpc) is 2.61. The van der Waals surface area contributed by atoms with Crippen molar-refractivity contribution < 1.29 is 14.2 Å². The zero-order valence-corrected chi connectivity index (χ0v) is 14.9. The summed E-state index contributed by atoms with van der Waals surface area (Å²) in [5, 5.41) is 0. The molecule has 0 N–H and O–H groups in total. The topological polar surface area (TPSA) is 27.7 Å². The summed E-state index contributed by atoms with van der Waals surface area (Å²) in [5.74, 6) is 5.31. The van der Waals surface area contributed by atoms with E-state index >= 15 is 0 Å². The van der Waals surface area contributed by atoms with E-state index in [1.165, 1.54) is 5.56 Å². The third kappa shape index (κ3) is 1.64. The number of hydrogen-bond donors (Lipinski definition) is 0. The summed E-state index contributed by atoms with van der Waals surface area (Å²) in [6.07, 6.45) is 0. The largest absolute Gasteiger partial charge is 0.458 e. The predicted molar refractivity (Wildman–Crippen MR) is 103 cm³/mol. The first-order chi connectivity index (χ1) is 12.5. The van der Waals surface area contributed by atoms with Crippen LogP contribution in [0.4, 0.5) is 0 Å². The first kappa shape index (κ1) is 14.3. The first-order valence-electron chi connectivity index (χ1n) is 8.99. The highest BCUT2D eigenvalue weighted by Gasteiger charge is 2.47. The molecule has 4 heteroatoms. The maximum atomic E-state index is 6.45. The molecule has 3 heterocycles. The van der Waals surface area contributed by atoms with Crippen LogP contribution in [-0.2, 0) is 5.41 Å². The molecule has 3 aliphatic rings. The van der Waals surface area contributed by atoms with Crippen LogP contribution < -0.4 is 30.6 Å². The minimum absolute atomic E-state index is 0.0234. The molecule has 0 fully saturated rings. The standard InChI is InChI=1S/C22H17BO3/c1-22(2,3)12-10-11-17-20-21(12)26-16-9-5-8-15-19(16)23(20)18-13(24-15)6-4-7-14(18)25-17/h4-11H,1-3H3. The van der Waals surface area contributed by atoms with Crippen molar-refractivity contribution in [2.45, 2.75) is 26.2 Å². The molecular formula is C22H17BO3. The molecule has 126 valence electrons. The molecule has 0 amide bonds. The third-order valence-electron chi connectivity index (χ3n) is 5.53. The Balaban J connectivity index is 1.75. The molecule has 3 aromatic carbocycles. The smallest absolute Gasteiger partial charge is 0.270 e. The minimum Gasteiger partial charge on any atom is -0.458 e. The van der Waals surface area contributed by atoms with Gasteiger partial charge in [-0.15, -0.1) is 0 Å². The van der Waals surface area contributed by atoms with E-state index in [-0.39, 0.29) is 12.1 Å². The Labute approximate surface area is 152 Å². The predicted octanol–water partition coefficient (Wildman–Crippen LogP) is 3.82. The van der Waals surface area contributed by atoms with E-state index in [0.29, 0.717) is 0 Å². The average molecular weight is 340 g/mol. The lowest BCUT2D eigenvalue weighted by atomic mass is 9.33. The number of ether oxygens (including phenoxy) is 3. The summed E-state index contributed by atoms with van der Waals surface area (Å²) in [5.41, 5.74) is 4.51. The van der Waals surface area contributed by atoms with Crippen molar-refractivity contribution in [3.05, 3.63) is 54.1 Å². The zero-order valence-electron chi connectivity index (χ0n) is 14.9. The van der Waals surface area contributed by atoms with E-state index < -0.39 is 0 Å². The summed E-state index contributed by atoms with van der Waals surface area (Å²) in [7, 11) is 0. The van der Waals surface area contributed by atoms with Crippen LogP contribution in [0.5, 0.6) is 34.5 Å². The van der Waals surface area contributed by atoms with Crippen LogP contribution >= 0.6 is 0 Å². The van der Waals surface area contributed by atoms with Gasteiger partial charge in [-0.2, -0.15) is 0 Å². The highest BCUT2D eigenvalue weighted by atomic mass is 16.5. The van der Waals surface area contributed by atoms with Crippen molar-refractivity contribution in [2.75, 3.05) is 0 Å². The molecule has 3 aliphatic heterocycles. The lowest BCUT2D eigenvalue weighted by molar-refractivity contribution is 0.431. The Morgan fingerprint density at radius 1 is 0.615 bits per heavy atom. The number of benzene rings is 3. The minimum atomic E-state index is -0.0234. The van der Waals surface area contributed by atoms with Gasteiger partial charge in [0.1, 0.15) is 34.5 Å². The molecule has 0 radical (unpaired) electrons. The molecule has 0 saturated carbocycles. The summed E-state index contributed by atoms with van der Waals surface area (Å²) >= 11 is 0. The van der Waals surface area contributed by atoms with E-state index in [2.05, 4.69) is 32.9 Å². The third-order valence-corrected chi connectivity index (χ3v) is 5.53. The maximum absolute atomic E-state index is 6.45. The molecule has 3 aromatic rings. The van der Waals surface area contributed by atoms with Crippen LogP contribution in [0.3, 0.4) is 0 Å². The van der Waals surface area contributed by atoms with Crippen molar-refractivity contribution in [3.8, 4) is 34.5 Å². The highest BCUT2D eigenvalue weighted by Crippen LogP contribution is 2.44. The fourth-order valence-corrected chi connectivity index (χ4v) is 4.40. The van der Waals surface area contributed by atoms with E-state index in [4.69, 9.17) is 14.2 Å². The summed E-state index contributed by atoms with van der Waals surface area (Å²) in [6, 6.07) is 16.3. The molecular weight excluding hydrogens is 323 g/mol. The normalized spacial score (nSPS) is 14.8. The Morgan fingerprint density at radius 3 is 1.65 bits per heavy atom. The SMILES string of the molecule is CC(C)(C)c1ccc2c3c1Oc1cccc4c1B3c1c(cccc1O2)O4. The van der Waals surface area contributed by atoms with Crippen LogP contribution in [0.15, 0.2) is 48.5 Å². The van der Waals surface area contributed by atoms with Gasteiger partial charge in [-0.05, 0) is 41.3 Å². The molecule has 0 aliphatic carbocycles. The first-order valence-corrected chi connectivity index (χ1v) is 8.99. The Kier molecular flexibility index (Phi) is 2.45. The molecule has 0 saturated heterocycles.